The van der Waals surface area contributed by atoms with Gasteiger partial charge in [-0.1, -0.05) is 147 Å². The summed E-state index contributed by atoms with van der Waals surface area (Å²) in [7, 11) is 0. The van der Waals surface area contributed by atoms with E-state index in [4.69, 9.17) is 9.97 Å². The van der Waals surface area contributed by atoms with Crippen LogP contribution >= 0.6 is 0 Å². The zero-order valence-electron chi connectivity index (χ0n) is 31.0. The summed E-state index contributed by atoms with van der Waals surface area (Å²) in [5.74, 6) is 0.694. The Hall–Kier alpha value is -6.96. The Morgan fingerprint density at radius 2 is 1.12 bits per heavy atom. The van der Waals surface area contributed by atoms with E-state index in [-0.39, 0.29) is 5.41 Å². The molecule has 4 heteroatoms. The Labute approximate surface area is 327 Å². The number of nitriles is 1. The normalized spacial score (nSPS) is 13.8. The number of pyridine rings is 1. The van der Waals surface area contributed by atoms with Crippen molar-refractivity contribution in [1.82, 2.24) is 15.0 Å². The van der Waals surface area contributed by atoms with Crippen LogP contribution in [-0.2, 0) is 5.41 Å². The van der Waals surface area contributed by atoms with Crippen LogP contribution in [0.3, 0.4) is 0 Å². The molecule has 2 aromatic heterocycles. The number of aromatic nitrogens is 3. The third-order valence-electron chi connectivity index (χ3n) is 11.8. The van der Waals surface area contributed by atoms with Crippen LogP contribution in [0.15, 0.2) is 170 Å². The van der Waals surface area contributed by atoms with Gasteiger partial charge in [0.25, 0.3) is 0 Å². The lowest BCUT2D eigenvalue weighted by Gasteiger charge is -2.36. The summed E-state index contributed by atoms with van der Waals surface area (Å²) in [5, 5.41) is 9.81. The van der Waals surface area contributed by atoms with Crippen molar-refractivity contribution >= 4 is 0 Å². The molecule has 2 aliphatic carbocycles. The number of fused-ring (bicyclic) bond motifs is 5. The molecule has 1 saturated carbocycles. The van der Waals surface area contributed by atoms with Gasteiger partial charge in [0.1, 0.15) is 0 Å². The summed E-state index contributed by atoms with van der Waals surface area (Å²) < 4.78 is 0. The van der Waals surface area contributed by atoms with Crippen molar-refractivity contribution in [1.29, 1.82) is 5.26 Å². The third kappa shape index (κ3) is 5.90. The molecule has 1 fully saturated rings. The minimum Gasteiger partial charge on any atom is -0.264 e. The maximum Gasteiger partial charge on any atom is 0.160 e. The first kappa shape index (κ1) is 33.6. The van der Waals surface area contributed by atoms with Gasteiger partial charge in [-0.2, -0.15) is 5.26 Å². The van der Waals surface area contributed by atoms with Crippen LogP contribution < -0.4 is 0 Å². The fraction of sp³-hybridized carbons (Fsp3) is 0.115. The van der Waals surface area contributed by atoms with Gasteiger partial charge in [0.2, 0.25) is 0 Å². The van der Waals surface area contributed by atoms with E-state index in [1.165, 1.54) is 52.6 Å². The fourth-order valence-corrected chi connectivity index (χ4v) is 9.08. The van der Waals surface area contributed by atoms with Gasteiger partial charge >= 0.3 is 0 Å². The zero-order valence-corrected chi connectivity index (χ0v) is 31.0. The monoisotopic (exact) mass is 718 g/mol. The number of hydrogen-bond donors (Lipinski definition) is 0. The first-order valence-corrected chi connectivity index (χ1v) is 19.5. The van der Waals surface area contributed by atoms with Crippen molar-refractivity contribution in [2.75, 3.05) is 0 Å². The van der Waals surface area contributed by atoms with Crippen molar-refractivity contribution in [2.45, 2.75) is 37.5 Å². The molecule has 0 amide bonds. The highest BCUT2D eigenvalue weighted by Gasteiger charge is 2.44. The first-order chi connectivity index (χ1) is 27.7. The summed E-state index contributed by atoms with van der Waals surface area (Å²) in [5.41, 5.74) is 17.9. The molecule has 266 valence electrons. The molecule has 2 heterocycles. The summed E-state index contributed by atoms with van der Waals surface area (Å²) >= 11 is 0. The Morgan fingerprint density at radius 1 is 0.464 bits per heavy atom. The highest BCUT2D eigenvalue weighted by molar-refractivity contribution is 5.93. The van der Waals surface area contributed by atoms with E-state index in [0.29, 0.717) is 5.82 Å². The lowest BCUT2D eigenvalue weighted by molar-refractivity contribution is 0.353. The van der Waals surface area contributed by atoms with E-state index in [1.54, 1.807) is 6.20 Å². The van der Waals surface area contributed by atoms with E-state index in [2.05, 4.69) is 138 Å². The van der Waals surface area contributed by atoms with Gasteiger partial charge in [-0.25, -0.2) is 9.97 Å². The Bertz CT molecular complexity index is 2760. The van der Waals surface area contributed by atoms with Crippen molar-refractivity contribution < 1.29 is 0 Å². The van der Waals surface area contributed by atoms with Gasteiger partial charge in [-0.3, -0.25) is 4.98 Å². The predicted molar refractivity (Wildman–Crippen MR) is 226 cm³/mol. The topological polar surface area (TPSA) is 62.5 Å². The largest absolute Gasteiger partial charge is 0.264 e. The van der Waals surface area contributed by atoms with Crippen LogP contribution in [-0.4, -0.2) is 15.0 Å². The van der Waals surface area contributed by atoms with Crippen molar-refractivity contribution in [2.24, 2.45) is 0 Å². The van der Waals surface area contributed by atoms with Gasteiger partial charge in [0.15, 0.2) is 5.82 Å². The number of hydrogen-bond acceptors (Lipinski definition) is 4. The van der Waals surface area contributed by atoms with Gasteiger partial charge in [-0.15, -0.1) is 0 Å². The molecule has 0 radical (unpaired) electrons. The van der Waals surface area contributed by atoms with Crippen LogP contribution in [0.2, 0.25) is 0 Å². The molecule has 10 rings (SSSR count). The fourth-order valence-electron chi connectivity index (χ4n) is 9.08. The molecule has 0 atom stereocenters. The Morgan fingerprint density at radius 3 is 1.88 bits per heavy atom. The molecule has 0 unspecified atom stereocenters. The average molecular weight is 719 g/mol. The van der Waals surface area contributed by atoms with E-state index in [1.807, 2.05) is 36.5 Å². The smallest absolute Gasteiger partial charge is 0.160 e. The van der Waals surface area contributed by atoms with Crippen molar-refractivity contribution in [3.05, 3.63) is 187 Å². The molecular formula is C52H38N4. The zero-order chi connectivity index (χ0) is 37.5. The molecule has 0 N–H and O–H groups in total. The maximum absolute atomic E-state index is 9.81. The molecule has 0 saturated heterocycles. The molecule has 0 bridgehead atoms. The highest BCUT2D eigenvalue weighted by atomic mass is 14.9. The molecule has 6 aromatic carbocycles. The molecule has 0 aliphatic heterocycles. The van der Waals surface area contributed by atoms with E-state index in [9.17, 15) is 5.26 Å². The van der Waals surface area contributed by atoms with E-state index < -0.39 is 0 Å². The summed E-state index contributed by atoms with van der Waals surface area (Å²) in [4.78, 5) is 14.5. The Kier molecular flexibility index (Phi) is 8.42. The van der Waals surface area contributed by atoms with Crippen molar-refractivity contribution in [3.63, 3.8) is 0 Å². The second kappa shape index (κ2) is 14.0. The SMILES string of the molecule is N#Cc1ccc2c(c1)C1(CCCCC1)c1cccc(-c3ccc(-c4cccc(-c5cc(-c6ccc(-c7cccnc7)cc6)nc(-c6ccccc6)n5)c4)cc3)c1-2. The minimum atomic E-state index is -0.00324. The molecule has 4 nitrogen and oxygen atoms in total. The quantitative estimate of drug-likeness (QED) is 0.172. The number of benzene rings is 6. The van der Waals surface area contributed by atoms with E-state index >= 15 is 0 Å². The van der Waals surface area contributed by atoms with Gasteiger partial charge in [-0.05, 0) is 98.8 Å². The van der Waals surface area contributed by atoms with Crippen LogP contribution in [0, 0.1) is 11.3 Å². The lowest BCUT2D eigenvalue weighted by atomic mass is 9.67. The van der Waals surface area contributed by atoms with Crippen LogP contribution in [0.25, 0.3) is 78.4 Å². The minimum absolute atomic E-state index is 0.00324. The standard InChI is InChI=1S/C52H38N4/c53-33-35-17-26-45-47(30-35)52(27-5-2-6-28-52)46-16-8-15-44(50(45)46)38-22-18-36(19-23-38)41-12-7-13-42(31-41)49-32-48(55-51(56-49)40-10-3-1-4-11-40)39-24-20-37(21-25-39)43-14-9-29-54-34-43/h1,3-4,7-26,29-32,34H,2,5-6,27-28H2. The second-order valence-corrected chi connectivity index (χ2v) is 15.0. The van der Waals surface area contributed by atoms with Crippen LogP contribution in [0.1, 0.15) is 48.8 Å². The van der Waals surface area contributed by atoms with Gasteiger partial charge in [0.05, 0.1) is 23.0 Å². The van der Waals surface area contributed by atoms with Gasteiger partial charge < -0.3 is 0 Å². The number of nitrogens with zero attached hydrogens (tertiary/aromatic N) is 4. The van der Waals surface area contributed by atoms with E-state index in [0.717, 1.165) is 68.7 Å². The number of rotatable bonds is 6. The van der Waals surface area contributed by atoms with Crippen LogP contribution in [0.4, 0.5) is 0 Å². The molecular weight excluding hydrogens is 681 g/mol. The predicted octanol–water partition coefficient (Wildman–Crippen LogP) is 13.0. The molecule has 1 spiro atoms. The molecule has 8 aromatic rings. The third-order valence-corrected chi connectivity index (χ3v) is 11.8. The summed E-state index contributed by atoms with van der Waals surface area (Å²) in [6, 6.07) is 58.1. The average Bonchev–Trinajstić information content (AvgIpc) is 3.55. The lowest BCUT2D eigenvalue weighted by Crippen LogP contribution is -2.28. The molecule has 56 heavy (non-hydrogen) atoms. The van der Waals surface area contributed by atoms with Crippen molar-refractivity contribution in [3.8, 4) is 84.5 Å². The Balaban J connectivity index is 1.01. The first-order valence-electron chi connectivity index (χ1n) is 19.5. The van der Waals surface area contributed by atoms with Crippen LogP contribution in [0.5, 0.6) is 0 Å². The second-order valence-electron chi connectivity index (χ2n) is 15.0. The highest BCUT2D eigenvalue weighted by Crippen LogP contribution is 2.58. The molecule has 2 aliphatic rings. The van der Waals surface area contributed by atoms with Gasteiger partial charge in [0, 0.05) is 34.5 Å². The maximum atomic E-state index is 9.81. The summed E-state index contributed by atoms with van der Waals surface area (Å²) in [6.07, 6.45) is 9.68. The summed E-state index contributed by atoms with van der Waals surface area (Å²) in [6.45, 7) is 0.